The summed E-state index contributed by atoms with van der Waals surface area (Å²) in [6.45, 7) is 18.4. The molecule has 17 heteroatoms. The summed E-state index contributed by atoms with van der Waals surface area (Å²) in [6.07, 6.45) is -0.822. The number of carbonyl (C=O) groups excluding carboxylic acids is 6. The van der Waals surface area contributed by atoms with Crippen LogP contribution in [0.1, 0.15) is 79.4 Å². The molecule has 1 heterocycles. The van der Waals surface area contributed by atoms with Gasteiger partial charge in [-0.1, -0.05) is 48.5 Å². The smallest absolute Gasteiger partial charge is 0.407 e. The molecule has 1 atom stereocenters. The third-order valence-corrected chi connectivity index (χ3v) is 10.3. The van der Waals surface area contributed by atoms with Crippen molar-refractivity contribution in [2.45, 2.75) is 91.1 Å². The Bertz CT molecular complexity index is 1830. The van der Waals surface area contributed by atoms with E-state index < -0.39 is 65.3 Å². The van der Waals surface area contributed by atoms with Gasteiger partial charge >= 0.3 is 30.0 Å². The molecule has 2 aliphatic rings. The molecule has 1 fully saturated rings. The first-order valence-corrected chi connectivity index (χ1v) is 22.0. The van der Waals surface area contributed by atoms with Crippen molar-refractivity contribution in [3.8, 4) is 11.1 Å². The van der Waals surface area contributed by atoms with Gasteiger partial charge in [-0.3, -0.25) is 43.6 Å². The molecular weight excluding hydrogens is 825 g/mol. The molecule has 0 saturated carbocycles. The number of rotatable bonds is 14. The molecule has 2 aromatic rings. The van der Waals surface area contributed by atoms with E-state index >= 15 is 0 Å². The molecular formula is C47H70N6O11. The first-order chi connectivity index (χ1) is 30.0. The van der Waals surface area contributed by atoms with E-state index in [1.165, 1.54) is 7.11 Å². The predicted molar refractivity (Wildman–Crippen MR) is 240 cm³/mol. The Kier molecular flexibility index (Phi) is 18.7. The Morgan fingerprint density at radius 3 is 1.33 bits per heavy atom. The van der Waals surface area contributed by atoms with Gasteiger partial charge in [-0.15, -0.1) is 0 Å². The number of alkyl carbamates (subject to hydrolysis) is 1. The molecule has 354 valence electrons. The van der Waals surface area contributed by atoms with Crippen molar-refractivity contribution in [3.63, 3.8) is 0 Å². The molecule has 0 spiro atoms. The van der Waals surface area contributed by atoms with Crippen molar-refractivity contribution in [1.29, 1.82) is 0 Å². The number of ether oxygens (including phenoxy) is 5. The highest BCUT2D eigenvalue weighted by Crippen LogP contribution is 2.44. The lowest BCUT2D eigenvalue weighted by atomic mass is 9.98. The van der Waals surface area contributed by atoms with Gasteiger partial charge in [-0.25, -0.2) is 4.79 Å². The fourth-order valence-electron chi connectivity index (χ4n) is 7.49. The van der Waals surface area contributed by atoms with Crippen LogP contribution in [0.3, 0.4) is 0 Å². The molecule has 2 N–H and O–H groups in total. The molecule has 64 heavy (non-hydrogen) atoms. The maximum absolute atomic E-state index is 13.8. The Morgan fingerprint density at radius 2 is 0.953 bits per heavy atom. The zero-order valence-corrected chi connectivity index (χ0v) is 39.5. The number of hydrogen-bond acceptors (Lipinski definition) is 15. The normalized spacial score (nSPS) is 16.8. The third-order valence-electron chi connectivity index (χ3n) is 10.3. The van der Waals surface area contributed by atoms with Gasteiger partial charge in [0, 0.05) is 64.8 Å². The van der Waals surface area contributed by atoms with Crippen LogP contribution in [0.4, 0.5) is 4.79 Å². The third kappa shape index (κ3) is 17.8. The Hall–Kier alpha value is -5.10. The van der Waals surface area contributed by atoms with E-state index in [9.17, 15) is 28.8 Å². The topological polar surface area (TPSA) is 186 Å². The quantitative estimate of drug-likeness (QED) is 0.208. The van der Waals surface area contributed by atoms with E-state index in [-0.39, 0.29) is 38.7 Å². The largest absolute Gasteiger partial charge is 0.468 e. The van der Waals surface area contributed by atoms with E-state index in [1.54, 1.807) is 62.3 Å². The standard InChI is InChI=1S/C47H70N6O11/c1-45(2,3)62-40(55)29-51-21-19-50(20-22-52(30-41(56)63-46(4,5)6)24-26-53(25-23-51)31-42(57)64-47(7,8)9)28-38(43(58)48-27-39(54)60-10)49-44(59)61-32-37-35-17-13-11-15-33(35)34-16-12-14-18-36(34)37/h11-18,37-38H,19-32H2,1-10H3,(H,48,58)(H,49,59). The minimum atomic E-state index is -1.20. The lowest BCUT2D eigenvalue weighted by Crippen LogP contribution is -2.56. The van der Waals surface area contributed by atoms with E-state index in [4.69, 9.17) is 23.7 Å². The zero-order chi connectivity index (χ0) is 47.2. The molecule has 1 unspecified atom stereocenters. The highest BCUT2D eigenvalue weighted by atomic mass is 16.6. The number of nitrogens with one attached hydrogen (secondary N) is 2. The SMILES string of the molecule is COC(=O)CNC(=O)C(CN1CCN(CC(=O)OC(C)(C)C)CCN(CC(=O)OC(C)(C)C)CCN(CC(=O)OC(C)(C)C)CC1)NC(=O)OCC1c2ccccc2-c2ccccc21. The van der Waals surface area contributed by atoms with Crippen LogP contribution in [-0.2, 0) is 47.7 Å². The van der Waals surface area contributed by atoms with Crippen molar-refractivity contribution in [1.82, 2.24) is 30.2 Å². The maximum Gasteiger partial charge on any atom is 0.407 e. The maximum atomic E-state index is 13.8. The second-order valence-corrected chi connectivity index (χ2v) is 19.2. The molecule has 1 saturated heterocycles. The number of hydrogen-bond donors (Lipinski definition) is 2. The van der Waals surface area contributed by atoms with Crippen molar-refractivity contribution >= 4 is 35.9 Å². The lowest BCUT2D eigenvalue weighted by Gasteiger charge is -2.35. The molecule has 2 amide bonds. The number of fused-ring (bicyclic) bond motifs is 3. The Labute approximate surface area is 378 Å². The minimum Gasteiger partial charge on any atom is -0.468 e. The van der Waals surface area contributed by atoms with Crippen molar-refractivity contribution in [3.05, 3.63) is 59.7 Å². The highest BCUT2D eigenvalue weighted by molar-refractivity contribution is 5.88. The summed E-state index contributed by atoms with van der Waals surface area (Å²) in [4.78, 5) is 86.8. The molecule has 1 aliphatic heterocycles. The monoisotopic (exact) mass is 895 g/mol. The fourth-order valence-corrected chi connectivity index (χ4v) is 7.49. The first-order valence-electron chi connectivity index (χ1n) is 22.0. The second-order valence-electron chi connectivity index (χ2n) is 19.2. The summed E-state index contributed by atoms with van der Waals surface area (Å²) >= 11 is 0. The van der Waals surface area contributed by atoms with Gasteiger partial charge in [0.2, 0.25) is 5.91 Å². The number of benzene rings is 2. The minimum absolute atomic E-state index is 0.00610. The molecule has 1 aliphatic carbocycles. The van der Waals surface area contributed by atoms with Crippen LogP contribution < -0.4 is 10.6 Å². The Balaban J connectivity index is 1.59. The average Bonchev–Trinajstić information content (AvgIpc) is 3.50. The van der Waals surface area contributed by atoms with Gasteiger partial charge in [0.25, 0.3) is 0 Å². The number of carbonyl (C=O) groups is 6. The van der Waals surface area contributed by atoms with Crippen LogP contribution in [0.5, 0.6) is 0 Å². The number of amides is 2. The number of esters is 4. The molecule has 2 aromatic carbocycles. The Morgan fingerprint density at radius 1 is 0.578 bits per heavy atom. The lowest BCUT2D eigenvalue weighted by molar-refractivity contribution is -0.158. The highest BCUT2D eigenvalue weighted by Gasteiger charge is 2.32. The zero-order valence-electron chi connectivity index (χ0n) is 39.5. The van der Waals surface area contributed by atoms with Crippen LogP contribution in [-0.4, -0.2) is 177 Å². The first kappa shape index (κ1) is 51.5. The van der Waals surface area contributed by atoms with Gasteiger partial charge in [0.1, 0.15) is 36.0 Å². The van der Waals surface area contributed by atoms with E-state index in [1.807, 2.05) is 68.1 Å². The predicted octanol–water partition coefficient (Wildman–Crippen LogP) is 3.43. The fraction of sp³-hybridized carbons (Fsp3) is 0.617. The summed E-state index contributed by atoms with van der Waals surface area (Å²) in [5.74, 6) is -2.78. The van der Waals surface area contributed by atoms with Crippen LogP contribution in [0.2, 0.25) is 0 Å². The van der Waals surface area contributed by atoms with Gasteiger partial charge < -0.3 is 34.3 Å². The molecule has 0 aromatic heterocycles. The van der Waals surface area contributed by atoms with Gasteiger partial charge in [-0.05, 0) is 84.6 Å². The molecule has 17 nitrogen and oxygen atoms in total. The van der Waals surface area contributed by atoms with E-state index in [0.29, 0.717) is 52.4 Å². The second kappa shape index (κ2) is 23.2. The average molecular weight is 895 g/mol. The number of nitrogens with zero attached hydrogens (tertiary/aromatic N) is 4. The summed E-state index contributed by atoms with van der Waals surface area (Å²) in [6, 6.07) is 14.7. The van der Waals surface area contributed by atoms with Crippen molar-refractivity contribution in [2.75, 3.05) is 98.8 Å². The van der Waals surface area contributed by atoms with Crippen LogP contribution in [0.25, 0.3) is 11.1 Å². The van der Waals surface area contributed by atoms with Crippen LogP contribution >= 0.6 is 0 Å². The number of methoxy groups -OCH3 is 1. The molecule has 4 rings (SSSR count). The van der Waals surface area contributed by atoms with Crippen LogP contribution in [0.15, 0.2) is 48.5 Å². The molecule has 0 radical (unpaired) electrons. The van der Waals surface area contributed by atoms with Gasteiger partial charge in [-0.2, -0.15) is 0 Å². The molecule has 0 bridgehead atoms. The summed E-state index contributed by atoms with van der Waals surface area (Å²) in [5, 5.41) is 5.32. The summed E-state index contributed by atoms with van der Waals surface area (Å²) in [5.41, 5.74) is 2.08. The summed E-state index contributed by atoms with van der Waals surface area (Å²) in [7, 11) is 1.21. The van der Waals surface area contributed by atoms with Crippen molar-refractivity contribution in [2.24, 2.45) is 0 Å². The summed E-state index contributed by atoms with van der Waals surface area (Å²) < 4.78 is 27.6. The van der Waals surface area contributed by atoms with Gasteiger partial charge in [0.15, 0.2) is 0 Å². The van der Waals surface area contributed by atoms with E-state index in [2.05, 4.69) is 10.6 Å². The van der Waals surface area contributed by atoms with E-state index in [0.717, 1.165) is 22.3 Å². The van der Waals surface area contributed by atoms with Crippen LogP contribution in [0, 0.1) is 0 Å². The van der Waals surface area contributed by atoms with Gasteiger partial charge in [0.05, 0.1) is 26.7 Å². The van der Waals surface area contributed by atoms with Crippen molar-refractivity contribution < 1.29 is 52.5 Å².